The second-order valence-corrected chi connectivity index (χ2v) is 5.93. The summed E-state index contributed by atoms with van der Waals surface area (Å²) in [6, 6.07) is 16.2. The smallest absolute Gasteiger partial charge is 0.162 e. The number of nitrogens with one attached hydrogen (secondary N) is 1. The second kappa shape index (κ2) is 6.21. The minimum atomic E-state index is -0.429. The maximum Gasteiger partial charge on any atom is 0.162 e. The first kappa shape index (κ1) is 14.6. The van der Waals surface area contributed by atoms with Crippen LogP contribution in [0.2, 0.25) is 5.02 Å². The third-order valence-corrected chi connectivity index (χ3v) is 4.02. The molecule has 0 radical (unpaired) electrons. The average molecular weight is 311 g/mol. The maximum atomic E-state index is 12.6. The molecule has 3 nitrogen and oxygen atoms in total. The van der Waals surface area contributed by atoms with Crippen molar-refractivity contribution in [1.29, 1.82) is 5.26 Å². The van der Waals surface area contributed by atoms with Crippen LogP contribution in [-0.2, 0) is 4.79 Å². The zero-order valence-corrected chi connectivity index (χ0v) is 12.7. The summed E-state index contributed by atoms with van der Waals surface area (Å²) < 4.78 is 0. The quantitative estimate of drug-likeness (QED) is 0.893. The van der Waals surface area contributed by atoms with Crippen LogP contribution in [0.5, 0.6) is 0 Å². The molecular formula is C18H15ClN2O. The number of nitrogens with zero attached hydrogens (tertiary/aromatic N) is 1. The van der Waals surface area contributed by atoms with E-state index in [0.29, 0.717) is 10.6 Å². The number of rotatable bonds is 5. The van der Waals surface area contributed by atoms with Gasteiger partial charge in [0.1, 0.15) is 6.04 Å². The van der Waals surface area contributed by atoms with Crippen molar-refractivity contribution in [2.45, 2.75) is 18.9 Å². The van der Waals surface area contributed by atoms with Crippen LogP contribution in [0.3, 0.4) is 0 Å². The Labute approximate surface area is 134 Å². The van der Waals surface area contributed by atoms with Gasteiger partial charge in [-0.05, 0) is 54.8 Å². The Bertz CT molecular complexity index is 729. The van der Waals surface area contributed by atoms with E-state index in [0.717, 1.165) is 24.1 Å². The van der Waals surface area contributed by atoms with E-state index in [4.69, 9.17) is 16.9 Å². The normalized spacial score (nSPS) is 14.9. The van der Waals surface area contributed by atoms with Gasteiger partial charge < -0.3 is 5.32 Å². The molecule has 0 amide bonds. The number of halogens is 1. The Kier molecular flexibility index (Phi) is 4.13. The predicted octanol–water partition coefficient (Wildman–Crippen LogP) is 4.34. The number of carbonyl (C=O) groups is 1. The van der Waals surface area contributed by atoms with Crippen LogP contribution in [0, 0.1) is 17.2 Å². The number of ketones is 1. The van der Waals surface area contributed by atoms with Crippen LogP contribution in [-0.4, -0.2) is 5.78 Å². The van der Waals surface area contributed by atoms with E-state index in [-0.39, 0.29) is 11.7 Å². The lowest BCUT2D eigenvalue weighted by Crippen LogP contribution is -2.22. The zero-order chi connectivity index (χ0) is 15.5. The van der Waals surface area contributed by atoms with Crippen LogP contribution in [0.1, 0.15) is 30.0 Å². The minimum Gasteiger partial charge on any atom is -0.372 e. The lowest BCUT2D eigenvalue weighted by atomic mass is 9.97. The van der Waals surface area contributed by atoms with Crippen LogP contribution in [0.15, 0.2) is 48.5 Å². The van der Waals surface area contributed by atoms with Gasteiger partial charge in [-0.2, -0.15) is 5.26 Å². The molecule has 0 spiro atoms. The molecule has 0 bridgehead atoms. The Morgan fingerprint density at radius 1 is 1.23 bits per heavy atom. The average Bonchev–Trinajstić information content (AvgIpc) is 3.38. The molecule has 0 aliphatic heterocycles. The SMILES string of the molecule is N#Cc1cccc(C(Nc2ccc(Cl)cc2)C(=O)C2CC2)c1. The predicted molar refractivity (Wildman–Crippen MR) is 86.7 cm³/mol. The van der Waals surface area contributed by atoms with Gasteiger partial charge in [0, 0.05) is 16.6 Å². The molecule has 1 N–H and O–H groups in total. The van der Waals surface area contributed by atoms with Gasteiger partial charge in [0.15, 0.2) is 5.78 Å². The van der Waals surface area contributed by atoms with Crippen molar-refractivity contribution in [3.63, 3.8) is 0 Å². The lowest BCUT2D eigenvalue weighted by molar-refractivity contribution is -0.121. The summed E-state index contributed by atoms with van der Waals surface area (Å²) in [5, 5.41) is 13.0. The van der Waals surface area contributed by atoms with Crippen molar-refractivity contribution < 1.29 is 4.79 Å². The fourth-order valence-electron chi connectivity index (χ4n) is 2.42. The number of hydrogen-bond donors (Lipinski definition) is 1. The van der Waals surface area contributed by atoms with Gasteiger partial charge in [-0.3, -0.25) is 4.79 Å². The number of benzene rings is 2. The molecule has 3 rings (SSSR count). The molecule has 1 unspecified atom stereocenters. The number of Topliss-reactive ketones (excluding diaryl/α,β-unsaturated/α-hetero) is 1. The van der Waals surface area contributed by atoms with E-state index in [1.807, 2.05) is 24.3 Å². The van der Waals surface area contributed by atoms with Gasteiger partial charge in [0.25, 0.3) is 0 Å². The molecule has 1 aliphatic rings. The first-order valence-corrected chi connectivity index (χ1v) is 7.61. The fourth-order valence-corrected chi connectivity index (χ4v) is 2.55. The standard InChI is InChI=1S/C18H15ClN2O/c19-15-6-8-16(9-7-15)21-17(18(22)13-4-5-13)14-3-1-2-12(10-14)11-20/h1-3,6-10,13,17,21H,4-5H2. The van der Waals surface area contributed by atoms with Gasteiger partial charge in [-0.1, -0.05) is 23.7 Å². The molecule has 1 fully saturated rings. The highest BCUT2D eigenvalue weighted by Gasteiger charge is 2.35. The van der Waals surface area contributed by atoms with Gasteiger partial charge in [-0.15, -0.1) is 0 Å². The molecule has 2 aromatic carbocycles. The first-order chi connectivity index (χ1) is 10.7. The van der Waals surface area contributed by atoms with Crippen molar-refractivity contribution in [3.8, 4) is 6.07 Å². The fraction of sp³-hybridized carbons (Fsp3) is 0.222. The number of anilines is 1. The molecule has 0 saturated heterocycles. The number of hydrogen-bond acceptors (Lipinski definition) is 3. The Balaban J connectivity index is 1.91. The highest BCUT2D eigenvalue weighted by molar-refractivity contribution is 6.30. The summed E-state index contributed by atoms with van der Waals surface area (Å²) in [6.07, 6.45) is 1.91. The van der Waals surface area contributed by atoms with Gasteiger partial charge in [0.05, 0.1) is 11.6 Å². The Morgan fingerprint density at radius 2 is 1.95 bits per heavy atom. The van der Waals surface area contributed by atoms with Crippen molar-refractivity contribution in [2.75, 3.05) is 5.32 Å². The molecule has 2 aromatic rings. The van der Waals surface area contributed by atoms with E-state index in [1.165, 1.54) is 0 Å². The van der Waals surface area contributed by atoms with E-state index in [2.05, 4.69) is 11.4 Å². The van der Waals surface area contributed by atoms with E-state index < -0.39 is 6.04 Å². The molecule has 4 heteroatoms. The summed E-state index contributed by atoms with van der Waals surface area (Å²) in [6.45, 7) is 0. The van der Waals surface area contributed by atoms with E-state index in [9.17, 15) is 4.79 Å². The summed E-state index contributed by atoms with van der Waals surface area (Å²) in [4.78, 5) is 12.6. The molecule has 22 heavy (non-hydrogen) atoms. The molecule has 110 valence electrons. The van der Waals surface area contributed by atoms with Gasteiger partial charge >= 0.3 is 0 Å². The lowest BCUT2D eigenvalue weighted by Gasteiger charge is -2.19. The third-order valence-electron chi connectivity index (χ3n) is 3.77. The van der Waals surface area contributed by atoms with E-state index >= 15 is 0 Å². The highest BCUT2D eigenvalue weighted by atomic mass is 35.5. The number of carbonyl (C=O) groups excluding carboxylic acids is 1. The molecule has 1 aliphatic carbocycles. The van der Waals surface area contributed by atoms with Crippen LogP contribution < -0.4 is 5.32 Å². The van der Waals surface area contributed by atoms with Gasteiger partial charge in [0.2, 0.25) is 0 Å². The second-order valence-electron chi connectivity index (χ2n) is 5.50. The zero-order valence-electron chi connectivity index (χ0n) is 11.9. The number of nitriles is 1. The molecule has 0 heterocycles. The molecule has 1 atom stereocenters. The third kappa shape index (κ3) is 3.29. The van der Waals surface area contributed by atoms with E-state index in [1.54, 1.807) is 24.3 Å². The van der Waals surface area contributed by atoms with Crippen LogP contribution >= 0.6 is 11.6 Å². The van der Waals surface area contributed by atoms with Crippen molar-refractivity contribution >= 4 is 23.1 Å². The minimum absolute atomic E-state index is 0.135. The Hall–Kier alpha value is -2.31. The van der Waals surface area contributed by atoms with Crippen molar-refractivity contribution in [1.82, 2.24) is 0 Å². The first-order valence-electron chi connectivity index (χ1n) is 7.23. The summed E-state index contributed by atoms with van der Waals surface area (Å²) in [5.41, 5.74) is 2.22. The van der Waals surface area contributed by atoms with Crippen molar-refractivity contribution in [2.24, 2.45) is 5.92 Å². The Morgan fingerprint density at radius 3 is 2.59 bits per heavy atom. The highest BCUT2D eigenvalue weighted by Crippen LogP contribution is 2.36. The summed E-state index contributed by atoms with van der Waals surface area (Å²) in [7, 11) is 0. The van der Waals surface area contributed by atoms with Crippen molar-refractivity contribution in [3.05, 3.63) is 64.7 Å². The molecule has 1 saturated carbocycles. The maximum absolute atomic E-state index is 12.6. The van der Waals surface area contributed by atoms with Gasteiger partial charge in [-0.25, -0.2) is 0 Å². The molecule has 0 aromatic heterocycles. The monoisotopic (exact) mass is 310 g/mol. The summed E-state index contributed by atoms with van der Waals surface area (Å²) in [5.74, 6) is 0.320. The molecular weight excluding hydrogens is 296 g/mol. The summed E-state index contributed by atoms with van der Waals surface area (Å²) >= 11 is 5.90. The topological polar surface area (TPSA) is 52.9 Å². The van der Waals surface area contributed by atoms with Crippen LogP contribution in [0.4, 0.5) is 5.69 Å². The van der Waals surface area contributed by atoms with Crippen LogP contribution in [0.25, 0.3) is 0 Å². The largest absolute Gasteiger partial charge is 0.372 e.